The van der Waals surface area contributed by atoms with Crippen molar-refractivity contribution in [3.05, 3.63) is 0 Å². The lowest BCUT2D eigenvalue weighted by Crippen LogP contribution is -2.29. The largest absolute Gasteiger partial charge is 0.346 e. The van der Waals surface area contributed by atoms with Crippen molar-refractivity contribution in [3.8, 4) is 0 Å². The van der Waals surface area contributed by atoms with E-state index < -0.39 is 10.3 Å². The third-order valence-corrected chi connectivity index (χ3v) is 0.447. The Labute approximate surface area is 35.0 Å². The van der Waals surface area contributed by atoms with Gasteiger partial charge in [-0.05, 0) is 0 Å². The second-order valence-corrected chi connectivity index (χ2v) is 1.78. The first-order valence-electron chi connectivity index (χ1n) is 1.01. The zero-order valence-electron chi connectivity index (χ0n) is 2.75. The molecule has 6 heavy (non-hydrogen) atoms. The van der Waals surface area contributed by atoms with Crippen molar-refractivity contribution in [2.45, 2.75) is 0 Å². The van der Waals surface area contributed by atoms with Crippen LogP contribution in [0.5, 0.6) is 0 Å². The van der Waals surface area contributed by atoms with Gasteiger partial charge in [-0.3, -0.25) is 10.4 Å². The van der Waals surface area contributed by atoms with Crippen LogP contribution in [0, 0.1) is 0 Å². The molecule has 5 nitrogen and oxygen atoms in total. The number of nitrogens with two attached hydrogens (primary N) is 1. The zero-order valence-corrected chi connectivity index (χ0v) is 3.57. The number of hydrogen-bond acceptors (Lipinski definition) is 3. The van der Waals surface area contributed by atoms with E-state index in [1.54, 1.807) is 0 Å². The first-order chi connectivity index (χ1) is 2.56. The van der Waals surface area contributed by atoms with Gasteiger partial charge < -0.3 is 0 Å². The van der Waals surface area contributed by atoms with Crippen molar-refractivity contribution in [2.24, 2.45) is 5.84 Å². The molecule has 0 radical (unpaired) electrons. The van der Waals surface area contributed by atoms with Crippen molar-refractivity contribution in [3.63, 3.8) is 0 Å². The molecule has 0 rings (SSSR count). The average molecular weight is 112 g/mol. The van der Waals surface area contributed by atoms with Crippen LogP contribution in [0.1, 0.15) is 0 Å². The molecule has 0 aliphatic rings. The Morgan fingerprint density at radius 2 is 1.83 bits per heavy atom. The van der Waals surface area contributed by atoms with Crippen LogP contribution in [0.2, 0.25) is 0 Å². The lowest BCUT2D eigenvalue weighted by atomic mass is 13.0. The minimum absolute atomic E-state index is 1.13. The molecule has 0 unspecified atom stereocenters. The van der Waals surface area contributed by atoms with Gasteiger partial charge in [-0.15, -0.1) is 4.83 Å². The lowest BCUT2D eigenvalue weighted by Gasteiger charge is -1.83. The van der Waals surface area contributed by atoms with Crippen LogP contribution >= 0.6 is 0 Å². The van der Waals surface area contributed by atoms with Gasteiger partial charge in [-0.2, -0.15) is 8.42 Å². The van der Waals surface area contributed by atoms with Crippen LogP contribution in [0.4, 0.5) is 0 Å². The number of hydrogen-bond donors (Lipinski definition) is 3. The van der Waals surface area contributed by atoms with E-state index in [1.165, 1.54) is 0 Å². The summed E-state index contributed by atoms with van der Waals surface area (Å²) in [5.41, 5.74) is 0. The Morgan fingerprint density at radius 3 is 1.83 bits per heavy atom. The standard InChI is InChI=1S/H4N2O3S/c1-2-6(3,4)5/h2H,1H2,(H,3,4,5). The van der Waals surface area contributed by atoms with Crippen LogP contribution in [0.25, 0.3) is 0 Å². The molecule has 0 heterocycles. The third-order valence-electron chi connectivity index (χ3n) is 0.149. The molecule has 0 amide bonds. The smallest absolute Gasteiger partial charge is 0.273 e. The molecular formula is H4N2O3S. The molecule has 0 aliphatic carbocycles. The average Bonchev–Trinajstić information content (AvgIpc) is 1.35. The Morgan fingerprint density at radius 1 is 1.67 bits per heavy atom. The monoisotopic (exact) mass is 112 g/mol. The highest BCUT2D eigenvalue weighted by Crippen LogP contribution is 1.58. The second-order valence-electron chi connectivity index (χ2n) is 0.593. The van der Waals surface area contributed by atoms with E-state index >= 15 is 0 Å². The van der Waals surface area contributed by atoms with Gasteiger partial charge in [0.25, 0.3) is 0 Å². The van der Waals surface area contributed by atoms with E-state index in [0.717, 1.165) is 4.83 Å². The lowest BCUT2D eigenvalue weighted by molar-refractivity contribution is 0.469. The number of rotatable bonds is 1. The second kappa shape index (κ2) is 1.52. The van der Waals surface area contributed by atoms with Crippen LogP contribution in [0.15, 0.2) is 0 Å². The summed E-state index contributed by atoms with van der Waals surface area (Å²) in [7, 11) is -4.13. The quantitative estimate of drug-likeness (QED) is 0.213. The minimum atomic E-state index is -4.13. The van der Waals surface area contributed by atoms with Crippen molar-refractivity contribution in [1.29, 1.82) is 0 Å². The first-order valence-corrected chi connectivity index (χ1v) is 2.45. The van der Waals surface area contributed by atoms with E-state index in [2.05, 4.69) is 5.84 Å². The normalized spacial score (nSPS) is 11.7. The fourth-order valence-corrected chi connectivity index (χ4v) is 0. The van der Waals surface area contributed by atoms with Crippen LogP contribution in [-0.2, 0) is 10.3 Å². The van der Waals surface area contributed by atoms with E-state index in [1.807, 2.05) is 0 Å². The highest BCUT2D eigenvalue weighted by molar-refractivity contribution is 7.83. The summed E-state index contributed by atoms with van der Waals surface area (Å²) >= 11 is 0. The molecule has 6 heteroatoms. The van der Waals surface area contributed by atoms with Gasteiger partial charge in [0.2, 0.25) is 0 Å². The Kier molecular flexibility index (Phi) is 1.48. The maximum atomic E-state index is 9.32. The summed E-state index contributed by atoms with van der Waals surface area (Å²) in [6.07, 6.45) is 0. The summed E-state index contributed by atoms with van der Waals surface area (Å²) in [5.74, 6) is 4.22. The Bertz CT molecular complexity index is 111. The van der Waals surface area contributed by atoms with Gasteiger partial charge in [0.15, 0.2) is 0 Å². The fourth-order valence-electron chi connectivity index (χ4n) is 0. The highest BCUT2D eigenvalue weighted by Gasteiger charge is 1.91. The molecule has 0 atom stereocenters. The molecule has 0 saturated heterocycles. The molecule has 38 valence electrons. The fraction of sp³-hybridized carbons (Fsp3) is 0. The number of hydrazine groups is 1. The van der Waals surface area contributed by atoms with E-state index in [-0.39, 0.29) is 0 Å². The van der Waals surface area contributed by atoms with Crippen molar-refractivity contribution < 1.29 is 13.0 Å². The molecule has 0 aromatic heterocycles. The van der Waals surface area contributed by atoms with Crippen LogP contribution < -0.4 is 10.7 Å². The predicted molar refractivity (Wildman–Crippen MR) is 18.9 cm³/mol. The molecule has 0 fully saturated rings. The van der Waals surface area contributed by atoms with E-state index in [4.69, 9.17) is 4.55 Å². The molecule has 0 saturated carbocycles. The summed E-state index contributed by atoms with van der Waals surface area (Å²) < 4.78 is 26.2. The van der Waals surface area contributed by atoms with Crippen LogP contribution in [-0.4, -0.2) is 13.0 Å². The topological polar surface area (TPSA) is 92.4 Å². The van der Waals surface area contributed by atoms with Gasteiger partial charge in [0, 0.05) is 0 Å². The van der Waals surface area contributed by atoms with Crippen molar-refractivity contribution >= 4 is 10.3 Å². The van der Waals surface area contributed by atoms with Crippen LogP contribution in [0.3, 0.4) is 0 Å². The maximum absolute atomic E-state index is 9.32. The molecular weight excluding hydrogens is 108 g/mol. The van der Waals surface area contributed by atoms with Gasteiger partial charge in [-0.1, -0.05) is 0 Å². The van der Waals surface area contributed by atoms with E-state index in [0.29, 0.717) is 0 Å². The molecule has 0 bridgehead atoms. The van der Waals surface area contributed by atoms with Gasteiger partial charge >= 0.3 is 10.3 Å². The summed E-state index contributed by atoms with van der Waals surface area (Å²) in [6.45, 7) is 0. The maximum Gasteiger partial charge on any atom is 0.346 e. The molecule has 4 N–H and O–H groups in total. The molecule has 0 spiro atoms. The number of nitrogens with one attached hydrogen (secondary N) is 1. The minimum Gasteiger partial charge on any atom is -0.273 e. The zero-order chi connectivity index (χ0) is 5.21. The Hall–Kier alpha value is -0.170. The van der Waals surface area contributed by atoms with Gasteiger partial charge in [-0.25, -0.2) is 0 Å². The molecule has 0 aromatic carbocycles. The third kappa shape index (κ3) is 3.83. The molecule has 0 aliphatic heterocycles. The Balaban J connectivity index is 3.85. The SMILES string of the molecule is NNS(=O)(=O)O. The summed E-state index contributed by atoms with van der Waals surface area (Å²) in [6, 6.07) is 0. The summed E-state index contributed by atoms with van der Waals surface area (Å²) in [5, 5.41) is 0. The highest BCUT2D eigenvalue weighted by atomic mass is 32.2. The van der Waals surface area contributed by atoms with Crippen molar-refractivity contribution in [2.75, 3.05) is 0 Å². The van der Waals surface area contributed by atoms with Crippen molar-refractivity contribution in [1.82, 2.24) is 4.83 Å². The van der Waals surface area contributed by atoms with Gasteiger partial charge in [0.05, 0.1) is 0 Å². The predicted octanol–water partition coefficient (Wildman–Crippen LogP) is -1.75. The van der Waals surface area contributed by atoms with Gasteiger partial charge in [0.1, 0.15) is 0 Å². The van der Waals surface area contributed by atoms with E-state index in [9.17, 15) is 8.42 Å². The summed E-state index contributed by atoms with van der Waals surface area (Å²) in [4.78, 5) is 1.13. The first kappa shape index (κ1) is 5.83. The molecule has 0 aromatic rings.